The van der Waals surface area contributed by atoms with E-state index in [0.29, 0.717) is 27.5 Å². The number of aryl methyl sites for hydroxylation is 1. The highest BCUT2D eigenvalue weighted by molar-refractivity contribution is 7.12. The lowest BCUT2D eigenvalue weighted by molar-refractivity contribution is -0.385. The van der Waals surface area contributed by atoms with Gasteiger partial charge in [-0.25, -0.2) is 0 Å². The normalized spacial score (nSPS) is 15.9. The summed E-state index contributed by atoms with van der Waals surface area (Å²) in [6.45, 7) is 2.03. The van der Waals surface area contributed by atoms with Crippen molar-refractivity contribution in [3.05, 3.63) is 61.2 Å². The molecule has 1 aliphatic heterocycles. The summed E-state index contributed by atoms with van der Waals surface area (Å²) in [7, 11) is 0. The lowest BCUT2D eigenvalue weighted by atomic mass is 9.88. The monoisotopic (exact) mass is 371 g/mol. The van der Waals surface area contributed by atoms with Crippen LogP contribution in [0.15, 0.2) is 35.7 Å². The quantitative estimate of drug-likeness (QED) is 0.606. The van der Waals surface area contributed by atoms with E-state index < -0.39 is 5.92 Å². The van der Waals surface area contributed by atoms with Gasteiger partial charge in [0.15, 0.2) is 0 Å². The lowest BCUT2D eigenvalue weighted by Crippen LogP contribution is -2.20. The van der Waals surface area contributed by atoms with Crippen molar-refractivity contribution in [3.8, 4) is 17.6 Å². The van der Waals surface area contributed by atoms with Gasteiger partial charge in [0, 0.05) is 22.6 Å². The van der Waals surface area contributed by atoms with Crippen molar-refractivity contribution in [3.63, 3.8) is 0 Å². The van der Waals surface area contributed by atoms with Gasteiger partial charge in [-0.05, 0) is 18.9 Å². The maximum absolute atomic E-state index is 11.4. The number of phenols is 1. The summed E-state index contributed by atoms with van der Waals surface area (Å²) >= 11 is 1.32. The molecule has 26 heavy (non-hydrogen) atoms. The highest BCUT2D eigenvalue weighted by Gasteiger charge is 2.34. The molecule has 0 fully saturated rings. The van der Waals surface area contributed by atoms with Crippen LogP contribution in [0.2, 0.25) is 0 Å². The summed E-state index contributed by atoms with van der Waals surface area (Å²) in [5.41, 5.74) is 6.82. The number of nitriles is 1. The van der Waals surface area contributed by atoms with Crippen molar-refractivity contribution in [2.45, 2.75) is 32.1 Å². The maximum Gasteiger partial charge on any atom is 0.283 e. The van der Waals surface area contributed by atoms with Crippen molar-refractivity contribution >= 4 is 17.0 Å². The van der Waals surface area contributed by atoms with E-state index in [1.807, 2.05) is 6.92 Å². The van der Waals surface area contributed by atoms with Crippen LogP contribution < -0.4 is 10.5 Å². The van der Waals surface area contributed by atoms with Gasteiger partial charge in [-0.3, -0.25) is 10.1 Å². The maximum atomic E-state index is 11.4. The number of ether oxygens (including phenoxy) is 1. The Labute approximate surface area is 154 Å². The zero-order chi connectivity index (χ0) is 18.8. The summed E-state index contributed by atoms with van der Waals surface area (Å²) in [5.74, 6) is -0.251. The number of thiophene rings is 1. The average Bonchev–Trinajstić information content (AvgIpc) is 3.02. The molecule has 2 aromatic rings. The van der Waals surface area contributed by atoms with Crippen LogP contribution in [0.1, 0.15) is 41.0 Å². The van der Waals surface area contributed by atoms with Crippen molar-refractivity contribution in [2.24, 2.45) is 5.73 Å². The van der Waals surface area contributed by atoms with Crippen molar-refractivity contribution in [1.29, 1.82) is 5.26 Å². The molecule has 1 atom stereocenters. The molecule has 0 unspecified atom stereocenters. The van der Waals surface area contributed by atoms with E-state index in [9.17, 15) is 20.5 Å². The third-order valence-corrected chi connectivity index (χ3v) is 5.50. The van der Waals surface area contributed by atoms with E-state index in [-0.39, 0.29) is 27.8 Å². The van der Waals surface area contributed by atoms with Crippen molar-refractivity contribution < 1.29 is 14.8 Å². The van der Waals surface area contributed by atoms with Gasteiger partial charge in [0.1, 0.15) is 23.1 Å². The zero-order valence-corrected chi connectivity index (χ0v) is 14.9. The molecule has 0 saturated carbocycles. The molecule has 8 heteroatoms. The van der Waals surface area contributed by atoms with Gasteiger partial charge in [-0.1, -0.05) is 19.4 Å². The number of aromatic hydroxyl groups is 1. The van der Waals surface area contributed by atoms with E-state index in [2.05, 4.69) is 6.07 Å². The fourth-order valence-electron chi connectivity index (χ4n) is 2.99. The van der Waals surface area contributed by atoms with E-state index in [1.165, 1.54) is 29.5 Å². The van der Waals surface area contributed by atoms with Crippen LogP contribution in [-0.4, -0.2) is 10.0 Å². The topological polar surface area (TPSA) is 122 Å². The summed E-state index contributed by atoms with van der Waals surface area (Å²) < 4.78 is 5.46. The number of allylic oxidation sites excluding steroid dienone is 1. The summed E-state index contributed by atoms with van der Waals surface area (Å²) in [6, 6.07) is 8.14. The molecule has 1 aromatic carbocycles. The van der Waals surface area contributed by atoms with Crippen LogP contribution in [0.25, 0.3) is 0 Å². The Morgan fingerprint density at radius 1 is 1.46 bits per heavy atom. The van der Waals surface area contributed by atoms with Crippen LogP contribution in [0.4, 0.5) is 5.69 Å². The highest BCUT2D eigenvalue weighted by Crippen LogP contribution is 2.47. The van der Waals surface area contributed by atoms with E-state index in [1.54, 1.807) is 6.07 Å². The largest absolute Gasteiger partial charge is 0.508 e. The molecule has 0 saturated heterocycles. The second kappa shape index (κ2) is 7.06. The number of benzene rings is 1. The van der Waals surface area contributed by atoms with Crippen LogP contribution in [0, 0.1) is 21.4 Å². The van der Waals surface area contributed by atoms with Gasteiger partial charge >= 0.3 is 0 Å². The van der Waals surface area contributed by atoms with Crippen LogP contribution in [0.3, 0.4) is 0 Å². The van der Waals surface area contributed by atoms with Gasteiger partial charge in [-0.2, -0.15) is 5.26 Å². The van der Waals surface area contributed by atoms with Gasteiger partial charge < -0.3 is 15.6 Å². The lowest BCUT2D eigenvalue weighted by Gasteiger charge is -2.25. The molecule has 0 bridgehead atoms. The minimum absolute atomic E-state index is 0.0107. The first kappa shape index (κ1) is 17.8. The SMILES string of the molecule is CCCCc1sc([C@H]2C(C#N)=C(N)Oc3cc(O)ccc32)cc1[N+](=O)[O-]. The Morgan fingerprint density at radius 3 is 2.88 bits per heavy atom. The zero-order valence-electron chi connectivity index (χ0n) is 14.1. The smallest absolute Gasteiger partial charge is 0.283 e. The Morgan fingerprint density at radius 2 is 2.23 bits per heavy atom. The fraction of sp³-hybridized carbons (Fsp3) is 0.278. The highest BCUT2D eigenvalue weighted by atomic mass is 32.1. The fourth-order valence-corrected chi connectivity index (χ4v) is 4.29. The first-order valence-corrected chi connectivity index (χ1v) is 8.95. The Kier molecular flexibility index (Phi) is 4.82. The van der Waals surface area contributed by atoms with Gasteiger partial charge in [-0.15, -0.1) is 11.3 Å². The third kappa shape index (κ3) is 3.09. The standard InChI is InChI=1S/C18H17N3O4S/c1-2-3-4-15-13(21(23)24)8-16(26-15)17-11-6-5-10(22)7-14(11)25-18(20)12(17)9-19/h5-8,17,22H,2-4,20H2,1H3/t17-/m1/s1. The number of rotatable bonds is 5. The van der Waals surface area contributed by atoms with Gasteiger partial charge in [0.2, 0.25) is 5.88 Å². The number of nitro groups is 1. The average molecular weight is 371 g/mol. The number of fused-ring (bicyclic) bond motifs is 1. The first-order chi connectivity index (χ1) is 12.5. The van der Waals surface area contributed by atoms with Crippen molar-refractivity contribution in [2.75, 3.05) is 0 Å². The molecule has 1 aromatic heterocycles. The predicted molar refractivity (Wildman–Crippen MR) is 97.0 cm³/mol. The summed E-state index contributed by atoms with van der Waals surface area (Å²) in [5, 5.41) is 30.7. The van der Waals surface area contributed by atoms with Crippen LogP contribution in [0.5, 0.6) is 11.5 Å². The molecule has 0 radical (unpaired) electrons. The molecule has 2 heterocycles. The van der Waals surface area contributed by atoms with Crippen LogP contribution in [-0.2, 0) is 6.42 Å². The Hall–Kier alpha value is -3.05. The van der Waals surface area contributed by atoms with E-state index >= 15 is 0 Å². The van der Waals surface area contributed by atoms with Gasteiger partial charge in [0.05, 0.1) is 15.7 Å². The third-order valence-electron chi connectivity index (χ3n) is 4.25. The Balaban J connectivity index is 2.15. The molecule has 0 aliphatic carbocycles. The number of hydrogen-bond donors (Lipinski definition) is 2. The minimum atomic E-state index is -0.552. The molecular weight excluding hydrogens is 354 g/mol. The number of phenolic OH excluding ortho intramolecular Hbond substituents is 1. The van der Waals surface area contributed by atoms with E-state index in [4.69, 9.17) is 10.5 Å². The van der Waals surface area contributed by atoms with Crippen LogP contribution >= 0.6 is 11.3 Å². The number of unbranched alkanes of at least 4 members (excludes halogenated alkanes) is 1. The molecule has 3 N–H and O–H groups in total. The number of hydrogen-bond acceptors (Lipinski definition) is 7. The minimum Gasteiger partial charge on any atom is -0.508 e. The van der Waals surface area contributed by atoms with Crippen molar-refractivity contribution in [1.82, 2.24) is 0 Å². The number of nitrogens with two attached hydrogens (primary N) is 1. The molecule has 1 aliphatic rings. The second-order valence-electron chi connectivity index (χ2n) is 5.96. The molecule has 134 valence electrons. The second-order valence-corrected chi connectivity index (χ2v) is 7.13. The summed E-state index contributed by atoms with van der Waals surface area (Å²) in [6.07, 6.45) is 2.40. The Bertz CT molecular complexity index is 942. The molecule has 3 rings (SSSR count). The molecule has 7 nitrogen and oxygen atoms in total. The summed E-state index contributed by atoms with van der Waals surface area (Å²) in [4.78, 5) is 12.4. The molecular formula is C18H17N3O4S. The number of nitrogens with zero attached hydrogens (tertiary/aromatic N) is 2. The molecule has 0 spiro atoms. The predicted octanol–water partition coefficient (Wildman–Crippen LogP) is 3.92. The first-order valence-electron chi connectivity index (χ1n) is 8.13. The molecule has 0 amide bonds. The van der Waals surface area contributed by atoms with E-state index in [0.717, 1.165) is 12.8 Å². The van der Waals surface area contributed by atoms with Gasteiger partial charge in [0.25, 0.3) is 5.69 Å².